The van der Waals surface area contributed by atoms with E-state index in [1.165, 1.54) is 12.1 Å². The van der Waals surface area contributed by atoms with Gasteiger partial charge in [0, 0.05) is 25.1 Å². The molecule has 1 aliphatic rings. The van der Waals surface area contributed by atoms with Crippen LogP contribution in [0, 0.1) is 10.1 Å². The minimum absolute atomic E-state index is 0.00420. The molecule has 21 heavy (non-hydrogen) atoms. The molecule has 0 aliphatic carbocycles. The molecule has 1 heterocycles. The minimum Gasteiger partial charge on any atom is -0.319 e. The van der Waals surface area contributed by atoms with E-state index in [0.29, 0.717) is 17.8 Å². The highest BCUT2D eigenvalue weighted by molar-refractivity contribution is 6.42. The van der Waals surface area contributed by atoms with Gasteiger partial charge in [0.2, 0.25) is 5.78 Å². The number of ketones is 1. The van der Waals surface area contributed by atoms with E-state index in [1.807, 2.05) is 13.8 Å². The van der Waals surface area contributed by atoms with E-state index < -0.39 is 16.6 Å². The van der Waals surface area contributed by atoms with E-state index in [9.17, 15) is 19.7 Å². The lowest BCUT2D eigenvalue weighted by molar-refractivity contribution is -0.384. The smallest absolute Gasteiger partial charge is 0.292 e. The fraction of sp³-hybridized carbons (Fsp3) is 0.429. The first-order valence-corrected chi connectivity index (χ1v) is 6.83. The van der Waals surface area contributed by atoms with Crippen LogP contribution in [0.1, 0.15) is 25.0 Å². The number of carbonyl (C=O) groups excluding carboxylic acids is 2. The number of hydrogen-bond acceptors (Lipinski definition) is 5. The van der Waals surface area contributed by atoms with Gasteiger partial charge < -0.3 is 5.32 Å². The van der Waals surface area contributed by atoms with Crippen LogP contribution >= 0.6 is 0 Å². The van der Waals surface area contributed by atoms with Gasteiger partial charge in [-0.3, -0.25) is 24.6 Å². The maximum absolute atomic E-state index is 11.6. The Morgan fingerprint density at radius 2 is 1.95 bits per heavy atom. The zero-order valence-electron chi connectivity index (χ0n) is 12.0. The lowest BCUT2D eigenvalue weighted by atomic mass is 9.95. The fourth-order valence-electron chi connectivity index (χ4n) is 2.40. The third-order valence-electron chi connectivity index (χ3n) is 3.67. The average molecular weight is 291 g/mol. The number of non-ortho nitro benzene ring substituents is 1. The third kappa shape index (κ3) is 3.08. The fourth-order valence-corrected chi connectivity index (χ4v) is 2.40. The molecule has 0 radical (unpaired) electrons. The van der Waals surface area contributed by atoms with Crippen molar-refractivity contribution in [2.24, 2.45) is 0 Å². The molecule has 7 nitrogen and oxygen atoms in total. The molecular formula is C14H17N3O4. The maximum atomic E-state index is 11.6. The molecule has 0 bridgehead atoms. The highest BCUT2D eigenvalue weighted by Crippen LogP contribution is 2.30. The number of hydrogen-bond donors (Lipinski definition) is 1. The molecule has 112 valence electrons. The van der Waals surface area contributed by atoms with Crippen molar-refractivity contribution in [3.63, 3.8) is 0 Å². The molecule has 2 rings (SSSR count). The first kappa shape index (κ1) is 15.1. The summed E-state index contributed by atoms with van der Waals surface area (Å²) in [4.78, 5) is 35.7. The van der Waals surface area contributed by atoms with Crippen LogP contribution in [-0.2, 0) is 22.6 Å². The molecule has 0 unspecified atom stereocenters. The van der Waals surface area contributed by atoms with Gasteiger partial charge in [0.25, 0.3) is 11.6 Å². The van der Waals surface area contributed by atoms with E-state index in [2.05, 4.69) is 10.2 Å². The molecule has 1 aromatic rings. The van der Waals surface area contributed by atoms with Gasteiger partial charge in [-0.05, 0) is 24.2 Å². The molecular weight excluding hydrogens is 274 g/mol. The summed E-state index contributed by atoms with van der Waals surface area (Å²) in [6.45, 7) is 6.11. The lowest BCUT2D eigenvalue weighted by Gasteiger charge is -2.23. The van der Waals surface area contributed by atoms with Crippen molar-refractivity contribution in [3.8, 4) is 0 Å². The minimum atomic E-state index is -0.711. The monoisotopic (exact) mass is 291 g/mol. The van der Waals surface area contributed by atoms with E-state index in [4.69, 9.17) is 0 Å². The summed E-state index contributed by atoms with van der Waals surface area (Å²) in [6.07, 6.45) is -0.00420. The Bertz CT molecular complexity index is 608. The van der Waals surface area contributed by atoms with Crippen molar-refractivity contribution in [1.29, 1.82) is 0 Å². The molecule has 0 saturated heterocycles. The Kier molecular flexibility index (Phi) is 4.32. The molecule has 0 spiro atoms. The van der Waals surface area contributed by atoms with Crippen LogP contribution in [0.4, 0.5) is 11.4 Å². The SMILES string of the molecule is CCN(CC)Cc1cc([N+](=O)[O-])cc2c1CC(=O)C(=O)N2. The number of Topliss-reactive ketones (excluding diaryl/α,β-unsaturated/α-hetero) is 1. The first-order chi connectivity index (χ1) is 9.96. The number of benzene rings is 1. The summed E-state index contributed by atoms with van der Waals surface area (Å²) in [7, 11) is 0. The normalized spacial score (nSPS) is 14.0. The average Bonchev–Trinajstić information content (AvgIpc) is 2.45. The van der Waals surface area contributed by atoms with Crippen LogP contribution in [0.15, 0.2) is 12.1 Å². The number of nitrogens with one attached hydrogen (secondary N) is 1. The summed E-state index contributed by atoms with van der Waals surface area (Å²) in [5, 5.41) is 13.5. The summed E-state index contributed by atoms with van der Waals surface area (Å²) in [5.41, 5.74) is 1.69. The number of rotatable bonds is 5. The number of nitro benzene ring substituents is 1. The van der Waals surface area contributed by atoms with Gasteiger partial charge in [-0.2, -0.15) is 0 Å². The lowest BCUT2D eigenvalue weighted by Crippen LogP contribution is -2.31. The Morgan fingerprint density at radius 3 is 2.52 bits per heavy atom. The predicted molar refractivity (Wildman–Crippen MR) is 77.1 cm³/mol. The molecule has 1 aromatic carbocycles. The van der Waals surface area contributed by atoms with E-state index >= 15 is 0 Å². The molecule has 0 fully saturated rings. The molecule has 1 amide bonds. The van der Waals surface area contributed by atoms with Gasteiger partial charge in [0.1, 0.15) is 0 Å². The molecule has 1 N–H and O–H groups in total. The van der Waals surface area contributed by atoms with Gasteiger partial charge >= 0.3 is 0 Å². The van der Waals surface area contributed by atoms with Crippen LogP contribution in [0.3, 0.4) is 0 Å². The van der Waals surface area contributed by atoms with Crippen LogP contribution < -0.4 is 5.32 Å². The van der Waals surface area contributed by atoms with Crippen molar-refractivity contribution in [2.45, 2.75) is 26.8 Å². The summed E-state index contributed by atoms with van der Waals surface area (Å²) in [6, 6.07) is 2.80. The molecule has 0 aromatic heterocycles. The van der Waals surface area contributed by atoms with Crippen LogP contribution in [0.2, 0.25) is 0 Å². The number of fused-ring (bicyclic) bond motifs is 1. The molecule has 0 atom stereocenters. The Morgan fingerprint density at radius 1 is 1.29 bits per heavy atom. The first-order valence-electron chi connectivity index (χ1n) is 6.83. The predicted octanol–water partition coefficient (Wildman–Crippen LogP) is 1.50. The van der Waals surface area contributed by atoms with Crippen molar-refractivity contribution in [3.05, 3.63) is 33.4 Å². The second-order valence-electron chi connectivity index (χ2n) is 4.90. The Labute approximate surface area is 122 Å². The maximum Gasteiger partial charge on any atom is 0.292 e. The van der Waals surface area contributed by atoms with Gasteiger partial charge in [-0.15, -0.1) is 0 Å². The van der Waals surface area contributed by atoms with E-state index in [0.717, 1.165) is 18.7 Å². The van der Waals surface area contributed by atoms with E-state index in [-0.39, 0.29) is 12.1 Å². The molecule has 1 aliphatic heterocycles. The number of nitro groups is 1. The molecule has 0 saturated carbocycles. The van der Waals surface area contributed by atoms with E-state index in [1.54, 1.807) is 0 Å². The van der Waals surface area contributed by atoms with Crippen molar-refractivity contribution >= 4 is 23.1 Å². The quantitative estimate of drug-likeness (QED) is 0.504. The van der Waals surface area contributed by atoms with Crippen LogP contribution in [0.5, 0.6) is 0 Å². The number of carbonyl (C=O) groups is 2. The van der Waals surface area contributed by atoms with Crippen LogP contribution in [0.25, 0.3) is 0 Å². The highest BCUT2D eigenvalue weighted by atomic mass is 16.6. The third-order valence-corrected chi connectivity index (χ3v) is 3.67. The Balaban J connectivity index is 2.49. The van der Waals surface area contributed by atoms with Gasteiger partial charge in [-0.1, -0.05) is 13.8 Å². The number of nitrogens with zero attached hydrogens (tertiary/aromatic N) is 2. The Hall–Kier alpha value is -2.28. The largest absolute Gasteiger partial charge is 0.319 e. The number of anilines is 1. The second-order valence-corrected chi connectivity index (χ2v) is 4.90. The zero-order valence-corrected chi connectivity index (χ0v) is 12.0. The summed E-state index contributed by atoms with van der Waals surface area (Å²) >= 11 is 0. The summed E-state index contributed by atoms with van der Waals surface area (Å²) in [5.74, 6) is -1.23. The van der Waals surface area contributed by atoms with Gasteiger partial charge in [0.05, 0.1) is 10.6 Å². The van der Waals surface area contributed by atoms with Crippen molar-refractivity contribution in [2.75, 3.05) is 18.4 Å². The van der Waals surface area contributed by atoms with Gasteiger partial charge in [0.15, 0.2) is 0 Å². The van der Waals surface area contributed by atoms with Gasteiger partial charge in [-0.25, -0.2) is 0 Å². The molecule has 7 heteroatoms. The topological polar surface area (TPSA) is 92.5 Å². The standard InChI is InChI=1S/C14H17N3O4/c1-3-16(4-2)8-9-5-10(17(20)21)6-12-11(9)7-13(18)14(19)15-12/h5-6H,3-4,7-8H2,1-2H3,(H,15,19). The summed E-state index contributed by atoms with van der Waals surface area (Å²) < 4.78 is 0. The second kappa shape index (κ2) is 6.01. The van der Waals surface area contributed by atoms with Crippen molar-refractivity contribution in [1.82, 2.24) is 4.90 Å². The highest BCUT2D eigenvalue weighted by Gasteiger charge is 2.28. The number of amides is 1. The van der Waals surface area contributed by atoms with Crippen molar-refractivity contribution < 1.29 is 14.5 Å². The van der Waals surface area contributed by atoms with Crippen LogP contribution in [-0.4, -0.2) is 34.6 Å². The zero-order chi connectivity index (χ0) is 15.6.